The van der Waals surface area contributed by atoms with E-state index in [0.717, 1.165) is 10.6 Å². The lowest BCUT2D eigenvalue weighted by Gasteiger charge is -2.15. The minimum Gasteiger partial charge on any atom is -0.296 e. The van der Waals surface area contributed by atoms with Crippen LogP contribution in [0.4, 0.5) is 0 Å². The highest BCUT2D eigenvalue weighted by Crippen LogP contribution is 2.17. The van der Waals surface area contributed by atoms with Crippen LogP contribution in [0.2, 0.25) is 5.02 Å². The summed E-state index contributed by atoms with van der Waals surface area (Å²) in [4.78, 5) is 0. The number of hydrogen-bond donors (Lipinski definition) is 1. The number of halogens is 1. The SMILES string of the molecule is CC(C#N)N[C@H](C)c1cccc(Cl)c1. The van der Waals surface area contributed by atoms with Gasteiger partial charge in [-0.05, 0) is 31.5 Å². The molecule has 0 aliphatic rings. The summed E-state index contributed by atoms with van der Waals surface area (Å²) in [6.07, 6.45) is 0. The Morgan fingerprint density at radius 1 is 1.43 bits per heavy atom. The third-order valence-electron chi connectivity index (χ3n) is 2.04. The second-order valence-corrected chi connectivity index (χ2v) is 3.73. The average Bonchev–Trinajstić information content (AvgIpc) is 2.17. The van der Waals surface area contributed by atoms with Crippen molar-refractivity contribution in [3.8, 4) is 6.07 Å². The van der Waals surface area contributed by atoms with Gasteiger partial charge >= 0.3 is 0 Å². The van der Waals surface area contributed by atoms with Crippen LogP contribution in [-0.4, -0.2) is 6.04 Å². The number of rotatable bonds is 3. The van der Waals surface area contributed by atoms with Gasteiger partial charge in [0, 0.05) is 11.1 Å². The molecule has 1 aromatic carbocycles. The van der Waals surface area contributed by atoms with Crippen molar-refractivity contribution in [2.45, 2.75) is 25.9 Å². The first-order valence-electron chi connectivity index (χ1n) is 4.54. The van der Waals surface area contributed by atoms with Gasteiger partial charge in [0.2, 0.25) is 0 Å². The van der Waals surface area contributed by atoms with Crippen LogP contribution in [0, 0.1) is 11.3 Å². The Bertz CT molecular complexity index is 343. The molecule has 74 valence electrons. The monoisotopic (exact) mass is 208 g/mol. The average molecular weight is 209 g/mol. The molecule has 2 nitrogen and oxygen atoms in total. The fraction of sp³-hybridized carbons (Fsp3) is 0.364. The third kappa shape index (κ3) is 3.02. The minimum absolute atomic E-state index is 0.142. The molecule has 1 aromatic rings. The third-order valence-corrected chi connectivity index (χ3v) is 2.28. The van der Waals surface area contributed by atoms with Gasteiger partial charge in [-0.25, -0.2) is 0 Å². The van der Waals surface area contributed by atoms with Gasteiger partial charge in [-0.2, -0.15) is 5.26 Å². The number of nitrogens with zero attached hydrogens (tertiary/aromatic N) is 1. The summed E-state index contributed by atoms with van der Waals surface area (Å²) in [5.74, 6) is 0. The lowest BCUT2D eigenvalue weighted by atomic mass is 10.1. The van der Waals surface area contributed by atoms with Crippen LogP contribution >= 0.6 is 11.6 Å². The second-order valence-electron chi connectivity index (χ2n) is 3.29. The molecule has 0 aliphatic carbocycles. The van der Waals surface area contributed by atoms with E-state index >= 15 is 0 Å². The number of hydrogen-bond acceptors (Lipinski definition) is 2. The van der Waals surface area contributed by atoms with Crippen LogP contribution in [0.5, 0.6) is 0 Å². The van der Waals surface area contributed by atoms with Crippen molar-refractivity contribution in [1.82, 2.24) is 5.32 Å². The first-order chi connectivity index (χ1) is 6.63. The minimum atomic E-state index is -0.149. The van der Waals surface area contributed by atoms with E-state index in [1.807, 2.05) is 38.1 Å². The van der Waals surface area contributed by atoms with Crippen LogP contribution < -0.4 is 5.32 Å². The fourth-order valence-corrected chi connectivity index (χ4v) is 1.48. The molecule has 0 aliphatic heterocycles. The predicted octanol–water partition coefficient (Wildman–Crippen LogP) is 2.90. The molecule has 0 amide bonds. The Hall–Kier alpha value is -1.04. The molecule has 0 fully saturated rings. The molecule has 1 N–H and O–H groups in total. The van der Waals surface area contributed by atoms with E-state index in [-0.39, 0.29) is 12.1 Å². The molecule has 0 radical (unpaired) electrons. The summed E-state index contributed by atoms with van der Waals surface area (Å²) in [5.41, 5.74) is 1.10. The molecule has 1 unspecified atom stereocenters. The van der Waals surface area contributed by atoms with E-state index in [1.165, 1.54) is 0 Å². The summed E-state index contributed by atoms with van der Waals surface area (Å²) in [7, 11) is 0. The zero-order valence-electron chi connectivity index (χ0n) is 8.29. The molecule has 0 bridgehead atoms. The summed E-state index contributed by atoms with van der Waals surface area (Å²) < 4.78 is 0. The Kier molecular flexibility index (Phi) is 3.94. The lowest BCUT2D eigenvalue weighted by Crippen LogP contribution is -2.27. The fourth-order valence-electron chi connectivity index (χ4n) is 1.28. The van der Waals surface area contributed by atoms with E-state index in [4.69, 9.17) is 16.9 Å². The number of nitrogens with one attached hydrogen (secondary N) is 1. The van der Waals surface area contributed by atoms with E-state index < -0.39 is 0 Å². The maximum Gasteiger partial charge on any atom is 0.0929 e. The van der Waals surface area contributed by atoms with Gasteiger partial charge in [0.1, 0.15) is 0 Å². The molecule has 1 rings (SSSR count). The Morgan fingerprint density at radius 2 is 2.14 bits per heavy atom. The molecular weight excluding hydrogens is 196 g/mol. The molecular formula is C11H13ClN2. The topological polar surface area (TPSA) is 35.8 Å². The normalized spacial score (nSPS) is 14.4. The summed E-state index contributed by atoms with van der Waals surface area (Å²) in [5, 5.41) is 12.5. The van der Waals surface area contributed by atoms with Crippen molar-refractivity contribution in [3.63, 3.8) is 0 Å². The first kappa shape index (κ1) is 11.0. The van der Waals surface area contributed by atoms with Crippen molar-refractivity contribution in [2.75, 3.05) is 0 Å². The van der Waals surface area contributed by atoms with Gasteiger partial charge in [-0.3, -0.25) is 5.32 Å². The summed E-state index contributed by atoms with van der Waals surface area (Å²) in [6, 6.07) is 9.78. The van der Waals surface area contributed by atoms with Crippen LogP contribution in [0.25, 0.3) is 0 Å². The smallest absolute Gasteiger partial charge is 0.0929 e. The highest BCUT2D eigenvalue weighted by Gasteiger charge is 2.08. The molecule has 14 heavy (non-hydrogen) atoms. The zero-order valence-corrected chi connectivity index (χ0v) is 9.05. The molecule has 0 spiro atoms. The van der Waals surface area contributed by atoms with Crippen LogP contribution in [0.15, 0.2) is 24.3 Å². The van der Waals surface area contributed by atoms with Gasteiger partial charge in [0.05, 0.1) is 12.1 Å². The maximum atomic E-state index is 8.65. The Labute approximate surface area is 89.5 Å². The summed E-state index contributed by atoms with van der Waals surface area (Å²) >= 11 is 5.87. The van der Waals surface area contributed by atoms with Crippen molar-refractivity contribution in [1.29, 1.82) is 5.26 Å². The number of nitriles is 1. The number of benzene rings is 1. The molecule has 0 heterocycles. The standard InChI is InChI=1S/C11H13ClN2/c1-8(7-13)14-9(2)10-4-3-5-11(12)6-10/h3-6,8-9,14H,1-2H3/t8?,9-/m1/s1. The van der Waals surface area contributed by atoms with E-state index in [0.29, 0.717) is 0 Å². The van der Waals surface area contributed by atoms with Crippen molar-refractivity contribution in [2.24, 2.45) is 0 Å². The van der Waals surface area contributed by atoms with E-state index in [1.54, 1.807) is 0 Å². The molecule has 0 aromatic heterocycles. The van der Waals surface area contributed by atoms with Crippen LogP contribution in [0.1, 0.15) is 25.5 Å². The van der Waals surface area contributed by atoms with Gasteiger partial charge < -0.3 is 0 Å². The van der Waals surface area contributed by atoms with Crippen molar-refractivity contribution < 1.29 is 0 Å². The van der Waals surface area contributed by atoms with Crippen LogP contribution in [-0.2, 0) is 0 Å². The summed E-state index contributed by atoms with van der Waals surface area (Å²) in [6.45, 7) is 3.85. The maximum absolute atomic E-state index is 8.65. The molecule has 2 atom stereocenters. The molecule has 3 heteroatoms. The predicted molar refractivity (Wildman–Crippen MR) is 58.1 cm³/mol. The second kappa shape index (κ2) is 4.99. The molecule has 0 saturated heterocycles. The largest absolute Gasteiger partial charge is 0.296 e. The molecule has 0 saturated carbocycles. The van der Waals surface area contributed by atoms with Crippen molar-refractivity contribution >= 4 is 11.6 Å². The van der Waals surface area contributed by atoms with Gasteiger partial charge in [0.25, 0.3) is 0 Å². The highest BCUT2D eigenvalue weighted by atomic mass is 35.5. The van der Waals surface area contributed by atoms with Crippen LogP contribution in [0.3, 0.4) is 0 Å². The van der Waals surface area contributed by atoms with E-state index in [9.17, 15) is 0 Å². The van der Waals surface area contributed by atoms with Gasteiger partial charge in [-0.15, -0.1) is 0 Å². The first-order valence-corrected chi connectivity index (χ1v) is 4.92. The quantitative estimate of drug-likeness (QED) is 0.829. The zero-order chi connectivity index (χ0) is 10.6. The Morgan fingerprint density at radius 3 is 2.71 bits per heavy atom. The van der Waals surface area contributed by atoms with Crippen molar-refractivity contribution in [3.05, 3.63) is 34.9 Å². The lowest BCUT2D eigenvalue weighted by molar-refractivity contribution is 0.543. The van der Waals surface area contributed by atoms with Gasteiger partial charge in [-0.1, -0.05) is 23.7 Å². The van der Waals surface area contributed by atoms with Gasteiger partial charge in [0.15, 0.2) is 0 Å². The highest BCUT2D eigenvalue weighted by molar-refractivity contribution is 6.30. The Balaban J connectivity index is 2.70. The van der Waals surface area contributed by atoms with E-state index in [2.05, 4.69) is 11.4 Å².